The first-order chi connectivity index (χ1) is 7.91. The molecule has 17 heavy (non-hydrogen) atoms. The molecule has 0 aliphatic rings. The van der Waals surface area contributed by atoms with E-state index in [1.807, 2.05) is 6.92 Å². The SMILES string of the molecule is CC(NC(C)(CO)CO)c1ccc(F)cc1Cl. The van der Waals surface area contributed by atoms with Crippen LogP contribution in [0.15, 0.2) is 18.2 Å². The van der Waals surface area contributed by atoms with Gasteiger partial charge < -0.3 is 15.5 Å². The van der Waals surface area contributed by atoms with Gasteiger partial charge in [0, 0.05) is 11.1 Å². The monoisotopic (exact) mass is 261 g/mol. The standard InChI is InChI=1S/C12H17ClFNO2/c1-8(15-12(2,6-16)7-17)10-4-3-9(14)5-11(10)13/h3-5,8,15-17H,6-7H2,1-2H3. The van der Waals surface area contributed by atoms with Gasteiger partial charge in [-0.1, -0.05) is 17.7 Å². The van der Waals surface area contributed by atoms with Crippen molar-refractivity contribution >= 4 is 11.6 Å². The average Bonchev–Trinajstić information content (AvgIpc) is 2.28. The first-order valence-corrected chi connectivity index (χ1v) is 5.74. The third-order valence-electron chi connectivity index (χ3n) is 2.69. The lowest BCUT2D eigenvalue weighted by atomic mass is 10.0. The van der Waals surface area contributed by atoms with Gasteiger partial charge in [0.1, 0.15) is 5.82 Å². The number of halogens is 2. The molecule has 0 aromatic heterocycles. The molecule has 3 N–H and O–H groups in total. The Labute approximate surface area is 105 Å². The highest BCUT2D eigenvalue weighted by Crippen LogP contribution is 2.25. The predicted molar refractivity (Wildman–Crippen MR) is 65.5 cm³/mol. The van der Waals surface area contributed by atoms with E-state index in [1.54, 1.807) is 13.0 Å². The summed E-state index contributed by atoms with van der Waals surface area (Å²) in [7, 11) is 0. The van der Waals surface area contributed by atoms with E-state index in [0.29, 0.717) is 5.02 Å². The van der Waals surface area contributed by atoms with Crippen LogP contribution in [0.3, 0.4) is 0 Å². The van der Waals surface area contributed by atoms with Gasteiger partial charge in [0.25, 0.3) is 0 Å². The third kappa shape index (κ3) is 3.64. The second kappa shape index (κ2) is 5.78. The molecule has 1 rings (SSSR count). The molecule has 0 aliphatic heterocycles. The van der Waals surface area contributed by atoms with Crippen LogP contribution in [0, 0.1) is 5.82 Å². The Bertz CT molecular complexity index is 383. The molecule has 96 valence electrons. The lowest BCUT2D eigenvalue weighted by Crippen LogP contribution is -2.49. The number of hydrogen-bond donors (Lipinski definition) is 3. The molecule has 0 spiro atoms. The molecular formula is C12H17ClFNO2. The Morgan fingerprint density at radius 2 is 2.00 bits per heavy atom. The quantitative estimate of drug-likeness (QED) is 0.759. The van der Waals surface area contributed by atoms with Crippen molar-refractivity contribution in [2.24, 2.45) is 0 Å². The van der Waals surface area contributed by atoms with Crippen molar-refractivity contribution in [2.75, 3.05) is 13.2 Å². The van der Waals surface area contributed by atoms with Gasteiger partial charge in [-0.2, -0.15) is 0 Å². The largest absolute Gasteiger partial charge is 0.394 e. The molecule has 0 fully saturated rings. The molecule has 0 bridgehead atoms. The molecule has 0 aliphatic carbocycles. The second-order valence-corrected chi connectivity index (χ2v) is 4.82. The van der Waals surface area contributed by atoms with Gasteiger partial charge >= 0.3 is 0 Å². The molecule has 1 aromatic rings. The van der Waals surface area contributed by atoms with Gasteiger partial charge in [0.15, 0.2) is 0 Å². The Morgan fingerprint density at radius 3 is 2.47 bits per heavy atom. The van der Waals surface area contributed by atoms with Gasteiger partial charge in [0.2, 0.25) is 0 Å². The zero-order valence-electron chi connectivity index (χ0n) is 9.87. The van der Waals surface area contributed by atoms with Crippen LogP contribution < -0.4 is 5.32 Å². The van der Waals surface area contributed by atoms with E-state index in [2.05, 4.69) is 5.32 Å². The van der Waals surface area contributed by atoms with Crippen LogP contribution in [-0.2, 0) is 0 Å². The maximum Gasteiger partial charge on any atom is 0.124 e. The highest BCUT2D eigenvalue weighted by molar-refractivity contribution is 6.31. The van der Waals surface area contributed by atoms with Crippen molar-refractivity contribution in [3.8, 4) is 0 Å². The molecule has 0 saturated carbocycles. The first-order valence-electron chi connectivity index (χ1n) is 5.36. The van der Waals surface area contributed by atoms with Crippen molar-refractivity contribution in [1.29, 1.82) is 0 Å². The summed E-state index contributed by atoms with van der Waals surface area (Å²) in [5.41, 5.74) is -0.0712. The van der Waals surface area contributed by atoms with Crippen LogP contribution in [0.25, 0.3) is 0 Å². The fourth-order valence-corrected chi connectivity index (χ4v) is 1.93. The smallest absolute Gasteiger partial charge is 0.124 e. The molecule has 1 unspecified atom stereocenters. The lowest BCUT2D eigenvalue weighted by Gasteiger charge is -2.30. The van der Waals surface area contributed by atoms with E-state index in [9.17, 15) is 14.6 Å². The first kappa shape index (κ1) is 14.4. The summed E-state index contributed by atoms with van der Waals surface area (Å²) in [5.74, 6) is -0.391. The third-order valence-corrected chi connectivity index (χ3v) is 3.02. The Balaban J connectivity index is 2.86. The summed E-state index contributed by atoms with van der Waals surface area (Å²) in [5, 5.41) is 21.7. The number of aliphatic hydroxyl groups is 2. The molecule has 1 atom stereocenters. The van der Waals surface area contributed by atoms with E-state index in [-0.39, 0.29) is 19.3 Å². The predicted octanol–water partition coefficient (Wildman–Crippen LogP) is 1.87. The topological polar surface area (TPSA) is 52.5 Å². The number of benzene rings is 1. The fraction of sp³-hybridized carbons (Fsp3) is 0.500. The van der Waals surface area contributed by atoms with E-state index in [1.165, 1.54) is 12.1 Å². The fourth-order valence-electron chi connectivity index (χ4n) is 1.59. The minimum atomic E-state index is -0.795. The molecule has 5 heteroatoms. The minimum absolute atomic E-state index is 0.201. The zero-order valence-corrected chi connectivity index (χ0v) is 10.6. The maximum atomic E-state index is 12.9. The maximum absolute atomic E-state index is 12.9. The number of aliphatic hydroxyl groups excluding tert-OH is 2. The van der Waals surface area contributed by atoms with Crippen molar-refractivity contribution in [3.63, 3.8) is 0 Å². The Morgan fingerprint density at radius 1 is 1.41 bits per heavy atom. The van der Waals surface area contributed by atoms with Crippen molar-refractivity contribution in [3.05, 3.63) is 34.6 Å². The van der Waals surface area contributed by atoms with Crippen LogP contribution in [0.1, 0.15) is 25.5 Å². The van der Waals surface area contributed by atoms with E-state index in [0.717, 1.165) is 5.56 Å². The van der Waals surface area contributed by atoms with Gasteiger partial charge in [-0.05, 0) is 31.5 Å². The Hall–Kier alpha value is -0.680. The molecule has 3 nitrogen and oxygen atoms in total. The lowest BCUT2D eigenvalue weighted by molar-refractivity contribution is 0.0957. The highest BCUT2D eigenvalue weighted by Gasteiger charge is 2.25. The molecule has 0 amide bonds. The summed E-state index contributed by atoms with van der Waals surface area (Å²) >= 11 is 5.93. The number of hydrogen-bond acceptors (Lipinski definition) is 3. The molecule has 0 heterocycles. The number of rotatable bonds is 5. The van der Waals surface area contributed by atoms with Gasteiger partial charge in [-0.25, -0.2) is 4.39 Å². The molecular weight excluding hydrogens is 245 g/mol. The molecule has 0 radical (unpaired) electrons. The minimum Gasteiger partial charge on any atom is -0.394 e. The van der Waals surface area contributed by atoms with Crippen molar-refractivity contribution in [2.45, 2.75) is 25.4 Å². The van der Waals surface area contributed by atoms with Crippen LogP contribution in [-0.4, -0.2) is 29.0 Å². The second-order valence-electron chi connectivity index (χ2n) is 4.41. The van der Waals surface area contributed by atoms with E-state index >= 15 is 0 Å². The summed E-state index contributed by atoms with van der Waals surface area (Å²) < 4.78 is 12.9. The zero-order chi connectivity index (χ0) is 13.1. The summed E-state index contributed by atoms with van der Waals surface area (Å²) in [6.45, 7) is 3.13. The molecule has 0 saturated heterocycles. The summed E-state index contributed by atoms with van der Waals surface area (Å²) in [6.07, 6.45) is 0. The van der Waals surface area contributed by atoms with Crippen molar-refractivity contribution < 1.29 is 14.6 Å². The van der Waals surface area contributed by atoms with Crippen LogP contribution in [0.5, 0.6) is 0 Å². The Kier molecular flexibility index (Phi) is 4.89. The van der Waals surface area contributed by atoms with Gasteiger partial charge in [-0.3, -0.25) is 0 Å². The van der Waals surface area contributed by atoms with Crippen LogP contribution >= 0.6 is 11.6 Å². The highest BCUT2D eigenvalue weighted by atomic mass is 35.5. The van der Waals surface area contributed by atoms with Crippen molar-refractivity contribution in [1.82, 2.24) is 5.32 Å². The van der Waals surface area contributed by atoms with E-state index in [4.69, 9.17) is 11.6 Å². The summed E-state index contributed by atoms with van der Waals surface area (Å²) in [6, 6.07) is 3.95. The average molecular weight is 262 g/mol. The normalized spacial score (nSPS) is 13.8. The number of nitrogens with one attached hydrogen (secondary N) is 1. The van der Waals surface area contributed by atoms with Gasteiger partial charge in [0.05, 0.1) is 18.8 Å². The van der Waals surface area contributed by atoms with Crippen LogP contribution in [0.4, 0.5) is 4.39 Å². The molecule has 1 aromatic carbocycles. The van der Waals surface area contributed by atoms with E-state index < -0.39 is 11.4 Å². The van der Waals surface area contributed by atoms with Gasteiger partial charge in [-0.15, -0.1) is 0 Å². The van der Waals surface area contributed by atoms with Crippen LogP contribution in [0.2, 0.25) is 5.02 Å². The summed E-state index contributed by atoms with van der Waals surface area (Å²) in [4.78, 5) is 0.